The van der Waals surface area contributed by atoms with E-state index < -0.39 is 0 Å². The summed E-state index contributed by atoms with van der Waals surface area (Å²) in [6.07, 6.45) is 9.15. The molecule has 2 fully saturated rings. The first-order valence-electron chi connectivity index (χ1n) is 5.65. The number of allylic oxidation sites excluding steroid dienone is 4. The van der Waals surface area contributed by atoms with E-state index in [1.807, 2.05) is 0 Å². The summed E-state index contributed by atoms with van der Waals surface area (Å²) in [6.45, 7) is 0.353. The number of fused-ring (bicyclic) bond motifs is 1. The van der Waals surface area contributed by atoms with Crippen molar-refractivity contribution in [2.45, 2.75) is 31.0 Å². The van der Waals surface area contributed by atoms with E-state index in [0.29, 0.717) is 12.7 Å². The Labute approximate surface area is 113 Å². The van der Waals surface area contributed by atoms with Crippen LogP contribution in [0.15, 0.2) is 24.3 Å². The molecule has 0 saturated carbocycles. The van der Waals surface area contributed by atoms with Gasteiger partial charge in [0.25, 0.3) is 0 Å². The maximum Gasteiger partial charge on any atom is 1.00 e. The van der Waals surface area contributed by atoms with Gasteiger partial charge in [-0.2, -0.15) is 0 Å². The molecule has 0 spiro atoms. The van der Waals surface area contributed by atoms with Gasteiger partial charge in [-0.25, -0.2) is 0 Å². The van der Waals surface area contributed by atoms with E-state index in [9.17, 15) is 0 Å². The SMILES string of the molecule is COC1OC(CC2C=CC=C2)C2OCO[C@H]12.[Li+]. The Morgan fingerprint density at radius 3 is 2.59 bits per heavy atom. The van der Waals surface area contributed by atoms with Gasteiger partial charge in [-0.1, -0.05) is 24.3 Å². The first kappa shape index (κ1) is 13.4. The predicted octanol–water partition coefficient (Wildman–Crippen LogP) is -1.76. The number of hydrogen-bond donors (Lipinski definition) is 0. The maximum absolute atomic E-state index is 5.80. The summed E-state index contributed by atoms with van der Waals surface area (Å²) in [5, 5.41) is 0. The Kier molecular flexibility index (Phi) is 4.48. The molecule has 4 atom stereocenters. The van der Waals surface area contributed by atoms with Crippen LogP contribution < -0.4 is 18.9 Å². The molecule has 88 valence electrons. The summed E-state index contributed by atoms with van der Waals surface area (Å²) in [7, 11) is 1.64. The second-order valence-electron chi connectivity index (χ2n) is 4.33. The van der Waals surface area contributed by atoms with Crippen LogP contribution in [0.3, 0.4) is 0 Å². The van der Waals surface area contributed by atoms with Gasteiger partial charge in [0.05, 0.1) is 6.10 Å². The fourth-order valence-electron chi connectivity index (χ4n) is 2.55. The van der Waals surface area contributed by atoms with Crippen LogP contribution in [0.5, 0.6) is 0 Å². The number of methoxy groups -OCH3 is 1. The van der Waals surface area contributed by atoms with Crippen molar-refractivity contribution < 1.29 is 37.8 Å². The molecule has 1 aliphatic carbocycles. The molecule has 3 rings (SSSR count). The zero-order chi connectivity index (χ0) is 11.0. The van der Waals surface area contributed by atoms with E-state index in [4.69, 9.17) is 18.9 Å². The summed E-state index contributed by atoms with van der Waals surface area (Å²) in [4.78, 5) is 0. The van der Waals surface area contributed by atoms with E-state index in [2.05, 4.69) is 24.3 Å². The summed E-state index contributed by atoms with van der Waals surface area (Å²) in [6, 6.07) is 0. The van der Waals surface area contributed by atoms with Gasteiger partial charge in [0, 0.05) is 7.11 Å². The molecule has 0 bridgehead atoms. The predicted molar refractivity (Wildman–Crippen MR) is 56.7 cm³/mol. The maximum atomic E-state index is 5.80. The molecular weight excluding hydrogens is 215 g/mol. The van der Waals surface area contributed by atoms with Gasteiger partial charge in [-0.3, -0.25) is 0 Å². The number of ether oxygens (including phenoxy) is 4. The molecule has 17 heavy (non-hydrogen) atoms. The molecule has 3 aliphatic rings. The topological polar surface area (TPSA) is 36.9 Å². The quantitative estimate of drug-likeness (QED) is 0.539. The van der Waals surface area contributed by atoms with Crippen molar-refractivity contribution >= 4 is 0 Å². The summed E-state index contributed by atoms with van der Waals surface area (Å²) >= 11 is 0. The molecule has 5 heteroatoms. The molecule has 2 aliphatic heterocycles. The van der Waals surface area contributed by atoms with E-state index in [0.717, 1.165) is 6.42 Å². The van der Waals surface area contributed by atoms with Gasteiger partial charge in [0.15, 0.2) is 6.29 Å². The molecule has 0 aromatic carbocycles. The molecule has 3 unspecified atom stereocenters. The fourth-order valence-corrected chi connectivity index (χ4v) is 2.55. The van der Waals surface area contributed by atoms with Gasteiger partial charge in [-0.05, 0) is 12.3 Å². The molecule has 0 amide bonds. The Morgan fingerprint density at radius 2 is 1.88 bits per heavy atom. The molecule has 4 nitrogen and oxygen atoms in total. The van der Waals surface area contributed by atoms with Crippen molar-refractivity contribution in [3.63, 3.8) is 0 Å². The van der Waals surface area contributed by atoms with Crippen LogP contribution in [0, 0.1) is 5.92 Å². The third-order valence-electron chi connectivity index (χ3n) is 3.35. The third-order valence-corrected chi connectivity index (χ3v) is 3.35. The zero-order valence-corrected chi connectivity index (χ0v) is 10.2. The average molecular weight is 231 g/mol. The number of hydrogen-bond acceptors (Lipinski definition) is 4. The average Bonchev–Trinajstić information content (AvgIpc) is 2.96. The van der Waals surface area contributed by atoms with Crippen LogP contribution in [-0.4, -0.2) is 38.5 Å². The van der Waals surface area contributed by atoms with Gasteiger partial charge < -0.3 is 18.9 Å². The monoisotopic (exact) mass is 231 g/mol. The van der Waals surface area contributed by atoms with Crippen molar-refractivity contribution in [1.29, 1.82) is 0 Å². The summed E-state index contributed by atoms with van der Waals surface area (Å²) in [5.74, 6) is 0.449. The minimum atomic E-state index is -0.285. The minimum absolute atomic E-state index is 0. The molecule has 0 radical (unpaired) electrons. The van der Waals surface area contributed by atoms with Crippen molar-refractivity contribution in [1.82, 2.24) is 0 Å². The second-order valence-corrected chi connectivity index (χ2v) is 4.33. The van der Waals surface area contributed by atoms with E-state index in [1.54, 1.807) is 7.11 Å². The van der Waals surface area contributed by atoms with Gasteiger partial charge in [0.2, 0.25) is 0 Å². The molecule has 2 saturated heterocycles. The Morgan fingerprint density at radius 1 is 1.18 bits per heavy atom. The Balaban J connectivity index is 0.00000108. The van der Waals surface area contributed by atoms with Crippen LogP contribution in [0.25, 0.3) is 0 Å². The molecule has 2 heterocycles. The summed E-state index contributed by atoms with van der Waals surface area (Å²) in [5.41, 5.74) is 0. The first-order valence-corrected chi connectivity index (χ1v) is 5.65. The van der Waals surface area contributed by atoms with Gasteiger partial charge >= 0.3 is 18.9 Å². The van der Waals surface area contributed by atoms with Crippen molar-refractivity contribution in [2.75, 3.05) is 13.9 Å². The zero-order valence-electron chi connectivity index (χ0n) is 10.2. The molecule has 0 N–H and O–H groups in total. The molecule has 0 aromatic rings. The third kappa shape index (κ3) is 2.53. The largest absolute Gasteiger partial charge is 1.00 e. The van der Waals surface area contributed by atoms with Gasteiger partial charge in [0.1, 0.15) is 19.0 Å². The minimum Gasteiger partial charge on any atom is -0.353 e. The Bertz CT molecular complexity index is 306. The van der Waals surface area contributed by atoms with Crippen LogP contribution in [-0.2, 0) is 18.9 Å². The van der Waals surface area contributed by atoms with Crippen LogP contribution >= 0.6 is 0 Å². The van der Waals surface area contributed by atoms with E-state index >= 15 is 0 Å². The van der Waals surface area contributed by atoms with Crippen molar-refractivity contribution in [3.05, 3.63) is 24.3 Å². The van der Waals surface area contributed by atoms with Crippen LogP contribution in [0.1, 0.15) is 6.42 Å². The standard InChI is InChI=1S/C12H16O4.Li/c1-13-12-11-10(14-7-15-11)9(16-12)6-8-4-2-3-5-8;/h2-5,8-12H,6-7H2,1H3;/q;+1/t9?,10?,11-,12?;/m0./s1. The smallest absolute Gasteiger partial charge is 0.353 e. The second kappa shape index (κ2) is 5.70. The first-order chi connectivity index (χ1) is 7.88. The summed E-state index contributed by atoms with van der Waals surface area (Å²) < 4.78 is 22.1. The molecular formula is C12H16LiO4+. The fraction of sp³-hybridized carbons (Fsp3) is 0.667. The molecule has 0 aromatic heterocycles. The van der Waals surface area contributed by atoms with Crippen molar-refractivity contribution in [2.24, 2.45) is 5.92 Å². The normalized spacial score (nSPS) is 39.6. The Hall–Kier alpha value is -0.0826. The number of rotatable bonds is 3. The van der Waals surface area contributed by atoms with E-state index in [-0.39, 0.29) is 43.5 Å². The van der Waals surface area contributed by atoms with Gasteiger partial charge in [-0.15, -0.1) is 0 Å². The van der Waals surface area contributed by atoms with E-state index in [1.165, 1.54) is 0 Å². The van der Waals surface area contributed by atoms with Crippen LogP contribution in [0.2, 0.25) is 0 Å². The van der Waals surface area contributed by atoms with Crippen molar-refractivity contribution in [3.8, 4) is 0 Å². The van der Waals surface area contributed by atoms with Crippen LogP contribution in [0.4, 0.5) is 0 Å².